The fourth-order valence-corrected chi connectivity index (χ4v) is 3.48. The van der Waals surface area contributed by atoms with Crippen molar-refractivity contribution < 1.29 is 19.0 Å². The van der Waals surface area contributed by atoms with Gasteiger partial charge in [0.15, 0.2) is 17.6 Å². The third-order valence-corrected chi connectivity index (χ3v) is 5.26. The Morgan fingerprint density at radius 1 is 0.941 bits per heavy atom. The summed E-state index contributed by atoms with van der Waals surface area (Å²) >= 11 is 0. The van der Waals surface area contributed by atoms with Crippen molar-refractivity contribution in [2.45, 2.75) is 19.6 Å². The Morgan fingerprint density at radius 2 is 1.71 bits per heavy atom. The van der Waals surface area contributed by atoms with Crippen molar-refractivity contribution >= 4 is 22.9 Å². The number of benzene rings is 4. The maximum atomic E-state index is 12.2. The average Bonchev–Trinajstić information content (AvgIpc) is 2.88. The van der Waals surface area contributed by atoms with Gasteiger partial charge >= 0.3 is 0 Å². The number of nitrogens with zero attached hydrogens (tertiary/aromatic N) is 1. The highest BCUT2D eigenvalue weighted by Crippen LogP contribution is 2.29. The van der Waals surface area contributed by atoms with Gasteiger partial charge in [0.25, 0.3) is 5.91 Å². The van der Waals surface area contributed by atoms with Crippen molar-refractivity contribution in [3.8, 4) is 17.2 Å². The third kappa shape index (κ3) is 5.72. The molecule has 34 heavy (non-hydrogen) atoms. The van der Waals surface area contributed by atoms with Crippen molar-refractivity contribution in [3.05, 3.63) is 102 Å². The fourth-order valence-electron chi connectivity index (χ4n) is 3.48. The molecule has 172 valence electrons. The first-order valence-electron chi connectivity index (χ1n) is 11.0. The second-order valence-corrected chi connectivity index (χ2v) is 7.64. The number of carbonyl (C=O) groups excluding carboxylic acids is 1. The summed E-state index contributed by atoms with van der Waals surface area (Å²) in [6.07, 6.45) is 0.864. The molecule has 0 aliphatic rings. The van der Waals surface area contributed by atoms with Gasteiger partial charge in [-0.25, -0.2) is 5.43 Å². The minimum Gasteiger partial charge on any atom is -0.493 e. The largest absolute Gasteiger partial charge is 0.493 e. The maximum Gasteiger partial charge on any atom is 0.280 e. The van der Waals surface area contributed by atoms with Crippen molar-refractivity contribution in [2.24, 2.45) is 5.10 Å². The Hall–Kier alpha value is -4.32. The standard InChI is InChI=1S/C28H26N2O4/c1-20(34-24-12-4-3-5-13-24)28(31)30-29-18-21-15-16-26(27(17-21)32-2)33-19-23-11-8-10-22-9-6-7-14-25(22)23/h3-18,20H,19H2,1-2H3,(H,30,31). The molecule has 6 heteroatoms. The molecule has 0 bridgehead atoms. The molecule has 0 aromatic heterocycles. The molecular weight excluding hydrogens is 428 g/mol. The predicted molar refractivity (Wildman–Crippen MR) is 134 cm³/mol. The van der Waals surface area contributed by atoms with Gasteiger partial charge in [-0.2, -0.15) is 5.10 Å². The van der Waals surface area contributed by atoms with Gasteiger partial charge in [-0.1, -0.05) is 60.7 Å². The summed E-state index contributed by atoms with van der Waals surface area (Å²) in [5.74, 6) is 1.48. The number of hydrogen-bond donors (Lipinski definition) is 1. The summed E-state index contributed by atoms with van der Waals surface area (Å²) in [6, 6.07) is 29.0. The van der Waals surface area contributed by atoms with Crippen LogP contribution >= 0.6 is 0 Å². The molecule has 1 unspecified atom stereocenters. The van der Waals surface area contributed by atoms with E-state index in [1.807, 2.05) is 48.5 Å². The van der Waals surface area contributed by atoms with Crippen LogP contribution in [0.25, 0.3) is 10.8 Å². The van der Waals surface area contributed by atoms with E-state index < -0.39 is 6.10 Å². The quantitative estimate of drug-likeness (QED) is 0.274. The molecule has 4 rings (SSSR count). The summed E-state index contributed by atoms with van der Waals surface area (Å²) in [6.45, 7) is 2.09. The molecule has 4 aromatic carbocycles. The monoisotopic (exact) mass is 454 g/mol. The molecule has 4 aromatic rings. The van der Waals surface area contributed by atoms with Gasteiger partial charge in [0.1, 0.15) is 12.4 Å². The van der Waals surface area contributed by atoms with E-state index in [1.165, 1.54) is 5.39 Å². The van der Waals surface area contributed by atoms with Crippen LogP contribution < -0.4 is 19.6 Å². The van der Waals surface area contributed by atoms with Gasteiger partial charge in [-0.05, 0) is 59.2 Å². The number of amides is 1. The summed E-state index contributed by atoms with van der Waals surface area (Å²) in [7, 11) is 1.59. The highest BCUT2D eigenvalue weighted by molar-refractivity contribution is 5.86. The van der Waals surface area contributed by atoms with Gasteiger partial charge in [0.05, 0.1) is 13.3 Å². The summed E-state index contributed by atoms with van der Waals surface area (Å²) in [4.78, 5) is 12.2. The zero-order valence-electron chi connectivity index (χ0n) is 19.1. The van der Waals surface area contributed by atoms with Gasteiger partial charge < -0.3 is 14.2 Å². The molecule has 0 spiro atoms. The number of hydrogen-bond acceptors (Lipinski definition) is 5. The van der Waals surface area contributed by atoms with E-state index in [1.54, 1.807) is 38.4 Å². The molecule has 1 atom stereocenters. The minimum atomic E-state index is -0.682. The van der Waals surface area contributed by atoms with Crippen LogP contribution in [0, 0.1) is 0 Å². The molecule has 1 N–H and O–H groups in total. The Morgan fingerprint density at radius 3 is 2.53 bits per heavy atom. The van der Waals surface area contributed by atoms with Crippen molar-refractivity contribution in [3.63, 3.8) is 0 Å². The normalized spacial score (nSPS) is 11.8. The molecule has 6 nitrogen and oxygen atoms in total. The van der Waals surface area contributed by atoms with Crippen molar-refractivity contribution in [2.75, 3.05) is 7.11 Å². The van der Waals surface area contributed by atoms with E-state index in [-0.39, 0.29) is 5.91 Å². The lowest BCUT2D eigenvalue weighted by Gasteiger charge is -2.13. The van der Waals surface area contributed by atoms with Crippen LogP contribution in [0.5, 0.6) is 17.2 Å². The van der Waals surface area contributed by atoms with Crippen LogP contribution in [0.3, 0.4) is 0 Å². The van der Waals surface area contributed by atoms with E-state index >= 15 is 0 Å². The Kier molecular flexibility index (Phi) is 7.40. The van der Waals surface area contributed by atoms with E-state index in [4.69, 9.17) is 14.2 Å². The summed E-state index contributed by atoms with van der Waals surface area (Å²) < 4.78 is 17.2. The second kappa shape index (κ2) is 11.0. The highest BCUT2D eigenvalue weighted by Gasteiger charge is 2.13. The number of fused-ring (bicyclic) bond motifs is 1. The Balaban J connectivity index is 1.37. The van der Waals surface area contributed by atoms with Crippen molar-refractivity contribution in [1.29, 1.82) is 0 Å². The fraction of sp³-hybridized carbons (Fsp3) is 0.143. The van der Waals surface area contributed by atoms with E-state index in [9.17, 15) is 4.79 Å². The number of methoxy groups -OCH3 is 1. The van der Waals surface area contributed by atoms with Crippen LogP contribution in [-0.4, -0.2) is 25.3 Å². The van der Waals surface area contributed by atoms with Gasteiger partial charge in [0.2, 0.25) is 0 Å². The number of nitrogens with one attached hydrogen (secondary N) is 1. The van der Waals surface area contributed by atoms with Crippen LogP contribution in [-0.2, 0) is 11.4 Å². The first kappa shape index (κ1) is 22.9. The smallest absolute Gasteiger partial charge is 0.280 e. The maximum absolute atomic E-state index is 12.2. The van der Waals surface area contributed by atoms with Gasteiger partial charge in [-0.3, -0.25) is 4.79 Å². The van der Waals surface area contributed by atoms with Crippen LogP contribution in [0.2, 0.25) is 0 Å². The summed E-state index contributed by atoms with van der Waals surface area (Å²) in [5, 5.41) is 6.37. The van der Waals surface area contributed by atoms with Crippen LogP contribution in [0.15, 0.2) is 96.1 Å². The molecule has 0 aliphatic carbocycles. The lowest BCUT2D eigenvalue weighted by atomic mass is 10.1. The first-order chi connectivity index (χ1) is 16.6. The lowest BCUT2D eigenvalue weighted by Crippen LogP contribution is -2.33. The van der Waals surface area contributed by atoms with E-state index in [2.05, 4.69) is 34.8 Å². The number of ether oxygens (including phenoxy) is 3. The number of rotatable bonds is 9. The van der Waals surface area contributed by atoms with Gasteiger partial charge in [0, 0.05) is 0 Å². The van der Waals surface area contributed by atoms with E-state index in [0.29, 0.717) is 23.9 Å². The SMILES string of the molecule is COc1cc(C=NNC(=O)C(C)Oc2ccccc2)ccc1OCc1cccc2ccccc12. The summed E-state index contributed by atoms with van der Waals surface area (Å²) in [5.41, 5.74) is 4.35. The third-order valence-electron chi connectivity index (χ3n) is 5.26. The predicted octanol–water partition coefficient (Wildman–Crippen LogP) is 5.35. The van der Waals surface area contributed by atoms with E-state index in [0.717, 1.165) is 16.5 Å². The molecule has 0 radical (unpaired) electrons. The molecular formula is C28H26N2O4. The highest BCUT2D eigenvalue weighted by atomic mass is 16.5. The van der Waals surface area contributed by atoms with Crippen LogP contribution in [0.4, 0.5) is 0 Å². The van der Waals surface area contributed by atoms with Gasteiger partial charge in [-0.15, -0.1) is 0 Å². The molecule has 0 saturated heterocycles. The Bertz CT molecular complexity index is 1280. The molecule has 0 aliphatic heterocycles. The molecule has 0 fully saturated rings. The first-order valence-corrected chi connectivity index (χ1v) is 11.0. The van der Waals surface area contributed by atoms with Crippen molar-refractivity contribution in [1.82, 2.24) is 5.43 Å². The lowest BCUT2D eigenvalue weighted by molar-refractivity contribution is -0.127. The second-order valence-electron chi connectivity index (χ2n) is 7.64. The van der Waals surface area contributed by atoms with Crippen LogP contribution in [0.1, 0.15) is 18.1 Å². The average molecular weight is 455 g/mol. The molecule has 1 amide bonds. The molecule has 0 heterocycles. The Labute approximate surface area is 198 Å². The minimum absolute atomic E-state index is 0.345. The zero-order chi connectivity index (χ0) is 23.8. The number of carbonyl (C=O) groups is 1. The topological polar surface area (TPSA) is 69.2 Å². The number of hydrazone groups is 1. The number of para-hydroxylation sites is 1. The molecule has 0 saturated carbocycles. The zero-order valence-corrected chi connectivity index (χ0v) is 19.1.